The van der Waals surface area contributed by atoms with Crippen molar-refractivity contribution in [2.75, 3.05) is 7.05 Å². The Hall–Kier alpha value is -2.59. The Labute approximate surface area is 154 Å². The van der Waals surface area contributed by atoms with Crippen LogP contribution in [0.2, 0.25) is 0 Å². The molecule has 0 bridgehead atoms. The molecule has 0 aliphatic heterocycles. The van der Waals surface area contributed by atoms with Gasteiger partial charge in [0.2, 0.25) is 15.9 Å². The second-order valence-electron chi connectivity index (χ2n) is 5.77. The number of nitrogens with two attached hydrogens (primary N) is 1. The standard InChI is InChI=1S/C17H17F3N2O4S/c1-22(11-13-4-2-3-5-15(13)26-17(18,19)20)16(23)10-12-6-8-14(9-7-12)27(21,24)25/h2-9H,10-11H2,1H3,(H2,21,24,25). The molecule has 6 nitrogen and oxygen atoms in total. The number of primary sulfonamides is 1. The van der Waals surface area contributed by atoms with Crippen LogP contribution in [0.5, 0.6) is 5.75 Å². The zero-order valence-electron chi connectivity index (χ0n) is 14.2. The third-order valence-electron chi connectivity index (χ3n) is 3.64. The summed E-state index contributed by atoms with van der Waals surface area (Å²) in [7, 11) is -2.38. The van der Waals surface area contributed by atoms with Crippen molar-refractivity contribution < 1.29 is 31.1 Å². The largest absolute Gasteiger partial charge is 0.573 e. The van der Waals surface area contributed by atoms with Gasteiger partial charge < -0.3 is 9.64 Å². The van der Waals surface area contributed by atoms with E-state index in [9.17, 15) is 26.4 Å². The van der Waals surface area contributed by atoms with Crippen molar-refractivity contribution in [3.05, 3.63) is 59.7 Å². The molecule has 0 aliphatic rings. The molecular weight excluding hydrogens is 385 g/mol. The van der Waals surface area contributed by atoms with E-state index in [4.69, 9.17) is 5.14 Å². The molecule has 0 saturated carbocycles. The number of carbonyl (C=O) groups is 1. The van der Waals surface area contributed by atoms with E-state index in [1.807, 2.05) is 0 Å². The quantitative estimate of drug-likeness (QED) is 0.804. The molecule has 0 aromatic heterocycles. The topological polar surface area (TPSA) is 89.7 Å². The molecule has 146 valence electrons. The number of amides is 1. The minimum absolute atomic E-state index is 0.0519. The molecule has 0 aliphatic carbocycles. The maximum atomic E-state index is 12.5. The first-order chi connectivity index (χ1) is 12.5. The maximum Gasteiger partial charge on any atom is 0.573 e. The van der Waals surface area contributed by atoms with E-state index in [0.717, 1.165) is 0 Å². The van der Waals surface area contributed by atoms with E-state index in [1.54, 1.807) is 6.07 Å². The van der Waals surface area contributed by atoms with Gasteiger partial charge in [0, 0.05) is 19.2 Å². The fourth-order valence-electron chi connectivity index (χ4n) is 2.31. The maximum absolute atomic E-state index is 12.5. The minimum Gasteiger partial charge on any atom is -0.405 e. The monoisotopic (exact) mass is 402 g/mol. The highest BCUT2D eigenvalue weighted by molar-refractivity contribution is 7.89. The van der Waals surface area contributed by atoms with Crippen molar-refractivity contribution in [1.29, 1.82) is 0 Å². The highest BCUT2D eigenvalue weighted by Gasteiger charge is 2.32. The average Bonchev–Trinajstić information content (AvgIpc) is 2.55. The van der Waals surface area contributed by atoms with Gasteiger partial charge in [0.1, 0.15) is 5.75 Å². The van der Waals surface area contributed by atoms with Crippen LogP contribution < -0.4 is 9.88 Å². The van der Waals surface area contributed by atoms with E-state index in [2.05, 4.69) is 4.74 Å². The number of ether oxygens (including phenoxy) is 1. The van der Waals surface area contributed by atoms with Gasteiger partial charge in [-0.05, 0) is 23.8 Å². The number of likely N-dealkylation sites (N-methyl/N-ethyl adjacent to an activating group) is 1. The Bertz CT molecular complexity index is 913. The van der Waals surface area contributed by atoms with Crippen molar-refractivity contribution in [2.24, 2.45) is 5.14 Å². The SMILES string of the molecule is CN(Cc1ccccc1OC(F)(F)F)C(=O)Cc1ccc(S(N)(=O)=O)cc1. The number of hydrogen-bond acceptors (Lipinski definition) is 4. The van der Waals surface area contributed by atoms with Crippen LogP contribution in [-0.2, 0) is 27.8 Å². The second-order valence-corrected chi connectivity index (χ2v) is 7.33. The summed E-state index contributed by atoms with van der Waals surface area (Å²) in [5.41, 5.74) is 0.745. The van der Waals surface area contributed by atoms with Gasteiger partial charge in [-0.15, -0.1) is 13.2 Å². The van der Waals surface area contributed by atoms with Gasteiger partial charge in [0.25, 0.3) is 0 Å². The summed E-state index contributed by atoms with van der Waals surface area (Å²) in [5, 5.41) is 5.01. The summed E-state index contributed by atoms with van der Waals surface area (Å²) in [6.45, 7) is -0.0830. The second kappa shape index (κ2) is 7.97. The molecule has 0 unspecified atom stereocenters. The van der Waals surface area contributed by atoms with Crippen LogP contribution in [0, 0.1) is 0 Å². The van der Waals surface area contributed by atoms with Crippen LogP contribution in [0.25, 0.3) is 0 Å². The lowest BCUT2D eigenvalue weighted by molar-refractivity contribution is -0.275. The Morgan fingerprint density at radius 2 is 1.70 bits per heavy atom. The fourth-order valence-corrected chi connectivity index (χ4v) is 2.82. The lowest BCUT2D eigenvalue weighted by atomic mass is 10.1. The van der Waals surface area contributed by atoms with Gasteiger partial charge in [0.15, 0.2) is 0 Å². The van der Waals surface area contributed by atoms with E-state index in [-0.39, 0.29) is 35.1 Å². The number of hydrogen-bond donors (Lipinski definition) is 1. The first kappa shape index (κ1) is 20.7. The summed E-state index contributed by atoms with van der Waals surface area (Å²) >= 11 is 0. The lowest BCUT2D eigenvalue weighted by Crippen LogP contribution is -2.28. The molecule has 2 aromatic rings. The zero-order chi connectivity index (χ0) is 20.2. The first-order valence-corrected chi connectivity index (χ1v) is 9.20. The highest BCUT2D eigenvalue weighted by atomic mass is 32.2. The van der Waals surface area contributed by atoms with Crippen LogP contribution in [0.1, 0.15) is 11.1 Å². The molecule has 27 heavy (non-hydrogen) atoms. The molecule has 0 atom stereocenters. The van der Waals surface area contributed by atoms with Crippen LogP contribution in [0.3, 0.4) is 0 Å². The predicted molar refractivity (Wildman–Crippen MR) is 91.1 cm³/mol. The molecule has 2 aromatic carbocycles. The smallest absolute Gasteiger partial charge is 0.405 e. The van der Waals surface area contributed by atoms with E-state index >= 15 is 0 Å². The molecule has 0 spiro atoms. The lowest BCUT2D eigenvalue weighted by Gasteiger charge is -2.20. The number of sulfonamides is 1. The molecule has 0 radical (unpaired) electrons. The number of rotatable bonds is 6. The Kier molecular flexibility index (Phi) is 6.11. The molecule has 2 N–H and O–H groups in total. The molecule has 0 fully saturated rings. The number of para-hydroxylation sites is 1. The number of carbonyl (C=O) groups excluding carboxylic acids is 1. The Morgan fingerprint density at radius 3 is 2.26 bits per heavy atom. The summed E-state index contributed by atoms with van der Waals surface area (Å²) < 4.78 is 63.8. The highest BCUT2D eigenvalue weighted by Crippen LogP contribution is 2.27. The van der Waals surface area contributed by atoms with Crippen molar-refractivity contribution in [3.63, 3.8) is 0 Å². The van der Waals surface area contributed by atoms with E-state index in [1.165, 1.54) is 54.4 Å². The van der Waals surface area contributed by atoms with Crippen molar-refractivity contribution in [1.82, 2.24) is 4.90 Å². The van der Waals surface area contributed by atoms with Crippen LogP contribution in [0.15, 0.2) is 53.4 Å². The fraction of sp³-hybridized carbons (Fsp3) is 0.235. The summed E-state index contributed by atoms with van der Waals surface area (Å²) in [6, 6.07) is 11.0. The van der Waals surface area contributed by atoms with Crippen molar-refractivity contribution in [3.8, 4) is 5.75 Å². The molecule has 2 rings (SSSR count). The molecule has 1 amide bonds. The predicted octanol–water partition coefficient (Wildman–Crippen LogP) is 2.43. The summed E-state index contributed by atoms with van der Waals surface area (Å²) in [6.07, 6.45) is -4.88. The average molecular weight is 402 g/mol. The summed E-state index contributed by atoms with van der Waals surface area (Å²) in [4.78, 5) is 13.5. The van der Waals surface area contributed by atoms with Crippen LogP contribution in [0.4, 0.5) is 13.2 Å². The van der Waals surface area contributed by atoms with Crippen molar-refractivity contribution in [2.45, 2.75) is 24.2 Å². The Morgan fingerprint density at radius 1 is 1.11 bits per heavy atom. The minimum atomic E-state index is -4.83. The van der Waals surface area contributed by atoms with Gasteiger partial charge in [-0.2, -0.15) is 0 Å². The summed E-state index contributed by atoms with van der Waals surface area (Å²) in [5.74, 6) is -0.734. The van der Waals surface area contributed by atoms with Crippen molar-refractivity contribution >= 4 is 15.9 Å². The van der Waals surface area contributed by atoms with E-state index < -0.39 is 16.4 Å². The van der Waals surface area contributed by atoms with Gasteiger partial charge in [0.05, 0.1) is 11.3 Å². The third kappa shape index (κ3) is 6.26. The van der Waals surface area contributed by atoms with Crippen LogP contribution in [-0.4, -0.2) is 32.6 Å². The molecule has 0 saturated heterocycles. The van der Waals surface area contributed by atoms with Crippen LogP contribution >= 0.6 is 0 Å². The third-order valence-corrected chi connectivity index (χ3v) is 4.57. The van der Waals surface area contributed by atoms with Gasteiger partial charge in [-0.3, -0.25) is 4.79 Å². The number of halogens is 3. The number of benzene rings is 2. The van der Waals surface area contributed by atoms with Gasteiger partial charge >= 0.3 is 6.36 Å². The molecule has 10 heteroatoms. The Balaban J connectivity index is 2.06. The zero-order valence-corrected chi connectivity index (χ0v) is 15.0. The first-order valence-electron chi connectivity index (χ1n) is 7.65. The van der Waals surface area contributed by atoms with Gasteiger partial charge in [-0.1, -0.05) is 30.3 Å². The van der Waals surface area contributed by atoms with E-state index in [0.29, 0.717) is 5.56 Å². The number of nitrogens with zero attached hydrogens (tertiary/aromatic N) is 1. The molecular formula is C17H17F3N2O4S. The number of alkyl halides is 3. The van der Waals surface area contributed by atoms with Gasteiger partial charge in [-0.25, -0.2) is 13.6 Å². The normalized spacial score (nSPS) is 11.9. The molecule has 0 heterocycles.